The van der Waals surface area contributed by atoms with Gasteiger partial charge in [-0.05, 0) is 69.7 Å². The van der Waals surface area contributed by atoms with Gasteiger partial charge in [-0.2, -0.15) is 0 Å². The molecule has 0 aliphatic heterocycles. The summed E-state index contributed by atoms with van der Waals surface area (Å²) in [7, 11) is 0. The fourth-order valence-corrected chi connectivity index (χ4v) is 4.61. The van der Waals surface area contributed by atoms with Gasteiger partial charge >= 0.3 is 0 Å². The van der Waals surface area contributed by atoms with Gasteiger partial charge in [-0.1, -0.05) is 12.1 Å². The van der Waals surface area contributed by atoms with Crippen LogP contribution in [0.2, 0.25) is 0 Å². The summed E-state index contributed by atoms with van der Waals surface area (Å²) >= 11 is 0. The standard InChI is InChI=1S/C21H24N4O2/c1-15-6-4-8-17(23-15)19(27)25-21-10-5-9-20(14-21,11-12-21)24-18(26)16-7-2-3-13-22-16/h2-4,6-8,13H,5,9-12,14H2,1H3,(H,24,26)(H,25,27)/t20-,21+/m0/s1. The van der Waals surface area contributed by atoms with Crippen LogP contribution in [0.25, 0.3) is 0 Å². The molecule has 2 N–H and O–H groups in total. The van der Waals surface area contributed by atoms with E-state index in [0.717, 1.165) is 44.2 Å². The van der Waals surface area contributed by atoms with Crippen LogP contribution >= 0.6 is 0 Å². The van der Waals surface area contributed by atoms with Gasteiger partial charge in [0.25, 0.3) is 11.8 Å². The van der Waals surface area contributed by atoms with Crippen LogP contribution in [0.3, 0.4) is 0 Å². The second kappa shape index (κ2) is 6.76. The zero-order chi connectivity index (χ0) is 18.9. The fraction of sp³-hybridized carbons (Fsp3) is 0.429. The molecule has 4 rings (SSSR count). The number of hydrogen-bond acceptors (Lipinski definition) is 4. The van der Waals surface area contributed by atoms with Gasteiger partial charge in [-0.3, -0.25) is 14.6 Å². The minimum atomic E-state index is -0.266. The van der Waals surface area contributed by atoms with Crippen molar-refractivity contribution in [2.45, 2.75) is 56.5 Å². The van der Waals surface area contributed by atoms with Crippen LogP contribution in [-0.4, -0.2) is 32.9 Å². The van der Waals surface area contributed by atoms with Crippen LogP contribution in [0.5, 0.6) is 0 Å². The predicted octanol–water partition coefficient (Wildman–Crippen LogP) is 2.79. The summed E-state index contributed by atoms with van der Waals surface area (Å²) in [5.41, 5.74) is 1.18. The lowest BCUT2D eigenvalue weighted by Crippen LogP contribution is -2.55. The number of nitrogens with zero attached hydrogens (tertiary/aromatic N) is 2. The molecule has 2 heterocycles. The average Bonchev–Trinajstić information content (AvgIpc) is 2.92. The summed E-state index contributed by atoms with van der Waals surface area (Å²) in [6.45, 7) is 1.88. The molecule has 2 saturated carbocycles. The third-order valence-electron chi connectivity index (χ3n) is 5.85. The highest BCUT2D eigenvalue weighted by Crippen LogP contribution is 2.48. The molecule has 27 heavy (non-hydrogen) atoms. The van der Waals surface area contributed by atoms with Crippen molar-refractivity contribution >= 4 is 11.8 Å². The van der Waals surface area contributed by atoms with Crippen molar-refractivity contribution < 1.29 is 9.59 Å². The number of pyridine rings is 2. The maximum absolute atomic E-state index is 12.7. The Balaban J connectivity index is 1.48. The van der Waals surface area contributed by atoms with Crippen molar-refractivity contribution in [3.05, 3.63) is 59.7 Å². The average molecular weight is 364 g/mol. The zero-order valence-electron chi connectivity index (χ0n) is 15.5. The molecule has 0 radical (unpaired) electrons. The lowest BCUT2D eigenvalue weighted by Gasteiger charge is -2.40. The highest BCUT2D eigenvalue weighted by Gasteiger charge is 2.52. The van der Waals surface area contributed by atoms with E-state index in [1.807, 2.05) is 25.1 Å². The van der Waals surface area contributed by atoms with Gasteiger partial charge in [0, 0.05) is 23.0 Å². The van der Waals surface area contributed by atoms with Crippen molar-refractivity contribution in [1.82, 2.24) is 20.6 Å². The van der Waals surface area contributed by atoms with Gasteiger partial charge in [-0.25, -0.2) is 4.98 Å². The Hall–Kier alpha value is -2.76. The predicted molar refractivity (Wildman–Crippen MR) is 101 cm³/mol. The highest BCUT2D eigenvalue weighted by atomic mass is 16.2. The van der Waals surface area contributed by atoms with Crippen molar-refractivity contribution in [2.24, 2.45) is 0 Å². The summed E-state index contributed by atoms with van der Waals surface area (Å²) in [6, 6.07) is 10.8. The number of carbonyl (C=O) groups excluding carboxylic acids is 2. The van der Waals surface area contributed by atoms with Crippen molar-refractivity contribution in [1.29, 1.82) is 0 Å². The lowest BCUT2D eigenvalue weighted by atomic mass is 9.78. The van der Waals surface area contributed by atoms with E-state index in [4.69, 9.17) is 0 Å². The zero-order valence-corrected chi connectivity index (χ0v) is 15.5. The summed E-state index contributed by atoms with van der Waals surface area (Å²) < 4.78 is 0. The second-order valence-electron chi connectivity index (χ2n) is 7.88. The minimum Gasteiger partial charge on any atom is -0.345 e. The summed E-state index contributed by atoms with van der Waals surface area (Å²) in [5, 5.41) is 6.46. The molecule has 0 aromatic carbocycles. The highest BCUT2D eigenvalue weighted by molar-refractivity contribution is 5.93. The second-order valence-corrected chi connectivity index (χ2v) is 7.88. The monoisotopic (exact) mass is 364 g/mol. The number of aryl methyl sites for hydroxylation is 1. The van der Waals surface area contributed by atoms with E-state index in [-0.39, 0.29) is 22.9 Å². The third-order valence-corrected chi connectivity index (χ3v) is 5.85. The molecule has 2 aliphatic carbocycles. The van der Waals surface area contributed by atoms with Gasteiger partial charge in [-0.15, -0.1) is 0 Å². The van der Waals surface area contributed by atoms with Gasteiger partial charge in [0.05, 0.1) is 0 Å². The number of amides is 2. The summed E-state index contributed by atoms with van der Waals surface area (Å²) in [4.78, 5) is 33.8. The van der Waals surface area contributed by atoms with Crippen LogP contribution in [0.15, 0.2) is 42.6 Å². The molecular weight excluding hydrogens is 340 g/mol. The molecule has 6 nitrogen and oxygen atoms in total. The first kappa shape index (κ1) is 17.6. The smallest absolute Gasteiger partial charge is 0.270 e. The van der Waals surface area contributed by atoms with Crippen LogP contribution in [-0.2, 0) is 0 Å². The van der Waals surface area contributed by atoms with E-state index in [0.29, 0.717) is 11.4 Å². The largest absolute Gasteiger partial charge is 0.345 e. The fourth-order valence-electron chi connectivity index (χ4n) is 4.61. The number of aromatic nitrogens is 2. The van der Waals surface area contributed by atoms with Crippen LogP contribution in [0.1, 0.15) is 65.2 Å². The molecule has 2 fully saturated rings. The van der Waals surface area contributed by atoms with E-state index in [1.54, 1.807) is 24.4 Å². The maximum atomic E-state index is 12.7. The molecule has 2 aromatic rings. The molecular formula is C21H24N4O2. The molecule has 2 atom stereocenters. The quantitative estimate of drug-likeness (QED) is 0.874. The Morgan fingerprint density at radius 3 is 2.19 bits per heavy atom. The number of hydrogen-bond donors (Lipinski definition) is 2. The van der Waals surface area contributed by atoms with Gasteiger partial charge in [0.2, 0.25) is 0 Å². The normalized spacial score (nSPS) is 26.4. The molecule has 2 aliphatic rings. The van der Waals surface area contributed by atoms with Gasteiger partial charge in [0.1, 0.15) is 11.4 Å². The topological polar surface area (TPSA) is 84.0 Å². The van der Waals surface area contributed by atoms with Crippen LogP contribution < -0.4 is 10.6 Å². The molecule has 0 unspecified atom stereocenters. The SMILES string of the molecule is Cc1cccc(C(=O)N[C@]23CCC[C@](NC(=O)c4ccccn4)(CC2)C3)n1. The number of rotatable bonds is 4. The van der Waals surface area contributed by atoms with Gasteiger partial charge < -0.3 is 10.6 Å². The number of fused-ring (bicyclic) bond motifs is 2. The van der Waals surface area contributed by atoms with E-state index in [1.165, 1.54) is 0 Å². The van der Waals surface area contributed by atoms with E-state index < -0.39 is 0 Å². The van der Waals surface area contributed by atoms with E-state index >= 15 is 0 Å². The summed E-state index contributed by atoms with van der Waals surface area (Å²) in [6.07, 6.45) is 6.97. The molecule has 2 aromatic heterocycles. The Labute approximate surface area is 158 Å². The molecule has 140 valence electrons. The van der Waals surface area contributed by atoms with Crippen molar-refractivity contribution in [3.63, 3.8) is 0 Å². The minimum absolute atomic E-state index is 0.132. The van der Waals surface area contributed by atoms with Crippen LogP contribution in [0, 0.1) is 6.92 Å². The summed E-state index contributed by atoms with van der Waals surface area (Å²) in [5.74, 6) is -0.271. The lowest BCUT2D eigenvalue weighted by molar-refractivity contribution is 0.0827. The van der Waals surface area contributed by atoms with Crippen LogP contribution in [0.4, 0.5) is 0 Å². The Kier molecular flexibility index (Phi) is 4.42. The molecule has 2 bridgehead atoms. The molecule has 2 amide bonds. The molecule has 0 saturated heterocycles. The van der Waals surface area contributed by atoms with E-state index in [2.05, 4.69) is 20.6 Å². The Morgan fingerprint density at radius 1 is 0.889 bits per heavy atom. The number of nitrogens with one attached hydrogen (secondary N) is 2. The molecule has 6 heteroatoms. The first-order valence-corrected chi connectivity index (χ1v) is 9.49. The third kappa shape index (κ3) is 3.56. The Bertz CT molecular complexity index is 869. The Morgan fingerprint density at radius 2 is 1.56 bits per heavy atom. The van der Waals surface area contributed by atoms with E-state index in [9.17, 15) is 9.59 Å². The maximum Gasteiger partial charge on any atom is 0.270 e. The first-order chi connectivity index (χ1) is 13.0. The van der Waals surface area contributed by atoms with Gasteiger partial charge in [0.15, 0.2) is 0 Å². The van der Waals surface area contributed by atoms with Crippen molar-refractivity contribution in [3.8, 4) is 0 Å². The van der Waals surface area contributed by atoms with Crippen molar-refractivity contribution in [2.75, 3.05) is 0 Å². The first-order valence-electron chi connectivity index (χ1n) is 9.49. The number of carbonyl (C=O) groups is 2. The molecule has 0 spiro atoms.